The smallest absolute Gasteiger partial charge is 0.410 e. The maximum Gasteiger partial charge on any atom is 0.410 e. The summed E-state index contributed by atoms with van der Waals surface area (Å²) in [4.78, 5) is 23.8. The molecule has 2 amide bonds. The van der Waals surface area contributed by atoms with Gasteiger partial charge in [0.05, 0.1) is 5.92 Å². The second kappa shape index (κ2) is 5.30. The maximum atomic E-state index is 13.6. The molecule has 110 valence electrons. The summed E-state index contributed by atoms with van der Waals surface area (Å²) in [5.74, 6) is -6.49. The molecule has 19 heavy (non-hydrogen) atoms. The van der Waals surface area contributed by atoms with Crippen LogP contribution in [0.1, 0.15) is 33.6 Å². The van der Waals surface area contributed by atoms with E-state index in [4.69, 9.17) is 10.5 Å². The van der Waals surface area contributed by atoms with Crippen molar-refractivity contribution in [2.75, 3.05) is 13.1 Å². The fourth-order valence-electron chi connectivity index (χ4n) is 1.97. The molecule has 2 N–H and O–H groups in total. The number of hydrogen-bond donors (Lipinski definition) is 1. The van der Waals surface area contributed by atoms with Gasteiger partial charge in [0.15, 0.2) is 0 Å². The number of nitrogens with two attached hydrogens (primary N) is 1. The third-order valence-corrected chi connectivity index (χ3v) is 2.91. The quantitative estimate of drug-likeness (QED) is 0.836. The van der Waals surface area contributed by atoms with Crippen LogP contribution < -0.4 is 5.73 Å². The number of halogens is 2. The lowest BCUT2D eigenvalue weighted by atomic mass is 9.91. The Hall–Kier alpha value is -1.40. The van der Waals surface area contributed by atoms with E-state index in [-0.39, 0.29) is 13.0 Å². The first kappa shape index (κ1) is 15.7. The van der Waals surface area contributed by atoms with Crippen LogP contribution in [0.25, 0.3) is 0 Å². The number of likely N-dealkylation sites (tertiary alicyclic amines) is 1. The molecule has 1 aliphatic rings. The number of rotatable bonds is 2. The minimum absolute atomic E-state index is 0.162. The molecule has 0 radical (unpaired) electrons. The van der Waals surface area contributed by atoms with Gasteiger partial charge in [0.25, 0.3) is 5.91 Å². The van der Waals surface area contributed by atoms with Gasteiger partial charge in [0.2, 0.25) is 0 Å². The van der Waals surface area contributed by atoms with Crippen LogP contribution in [0.3, 0.4) is 0 Å². The average molecular weight is 278 g/mol. The van der Waals surface area contributed by atoms with E-state index in [0.29, 0.717) is 13.0 Å². The van der Waals surface area contributed by atoms with Gasteiger partial charge in [0, 0.05) is 13.1 Å². The molecule has 1 aliphatic heterocycles. The van der Waals surface area contributed by atoms with Crippen molar-refractivity contribution in [2.45, 2.75) is 45.1 Å². The molecular weight excluding hydrogens is 258 g/mol. The molecule has 0 bridgehead atoms. The van der Waals surface area contributed by atoms with Crippen molar-refractivity contribution in [3.8, 4) is 0 Å². The second-order valence-electron chi connectivity index (χ2n) is 5.75. The van der Waals surface area contributed by atoms with Gasteiger partial charge in [-0.2, -0.15) is 8.78 Å². The standard InChI is InChI=1S/C12H20F2N2O3/c1-11(2,3)19-10(18)16-6-4-5-8(7-16)12(13,14)9(15)17/h8H,4-7H2,1-3H3,(H2,15,17). The van der Waals surface area contributed by atoms with Gasteiger partial charge < -0.3 is 15.4 Å². The number of amides is 2. The highest BCUT2D eigenvalue weighted by molar-refractivity contribution is 5.82. The molecule has 5 nitrogen and oxygen atoms in total. The Balaban J connectivity index is 2.70. The lowest BCUT2D eigenvalue weighted by Gasteiger charge is -2.36. The fourth-order valence-corrected chi connectivity index (χ4v) is 1.97. The van der Waals surface area contributed by atoms with Crippen LogP contribution in [0.5, 0.6) is 0 Å². The van der Waals surface area contributed by atoms with Crippen LogP contribution in [0, 0.1) is 5.92 Å². The van der Waals surface area contributed by atoms with Gasteiger partial charge in [0.1, 0.15) is 5.60 Å². The van der Waals surface area contributed by atoms with E-state index in [2.05, 4.69) is 0 Å². The zero-order valence-corrected chi connectivity index (χ0v) is 11.4. The summed E-state index contributed by atoms with van der Waals surface area (Å²) in [6.45, 7) is 5.23. The number of carbonyl (C=O) groups excluding carboxylic acids is 2. The second-order valence-corrected chi connectivity index (χ2v) is 5.75. The summed E-state index contributed by atoms with van der Waals surface area (Å²) in [6, 6.07) is 0. The van der Waals surface area contributed by atoms with Crippen LogP contribution in [-0.4, -0.2) is 41.5 Å². The average Bonchev–Trinajstić information content (AvgIpc) is 2.26. The number of carbonyl (C=O) groups is 2. The van der Waals surface area contributed by atoms with Gasteiger partial charge >= 0.3 is 12.0 Å². The molecule has 1 atom stereocenters. The normalized spacial score (nSPS) is 21.1. The topological polar surface area (TPSA) is 72.6 Å². The number of primary amides is 1. The number of hydrogen-bond acceptors (Lipinski definition) is 3. The maximum absolute atomic E-state index is 13.6. The highest BCUT2D eigenvalue weighted by atomic mass is 19.3. The Labute approximate surface area is 111 Å². The van der Waals surface area contributed by atoms with Crippen molar-refractivity contribution >= 4 is 12.0 Å². The van der Waals surface area contributed by atoms with Gasteiger partial charge in [-0.05, 0) is 33.6 Å². The largest absolute Gasteiger partial charge is 0.444 e. The highest BCUT2D eigenvalue weighted by Gasteiger charge is 2.47. The number of piperidine rings is 1. The van der Waals surface area contributed by atoms with E-state index in [1.165, 1.54) is 4.90 Å². The third-order valence-electron chi connectivity index (χ3n) is 2.91. The summed E-state index contributed by atoms with van der Waals surface area (Å²) in [5, 5.41) is 0. The molecule has 0 spiro atoms. The van der Waals surface area contributed by atoms with Crippen LogP contribution in [0.2, 0.25) is 0 Å². The van der Waals surface area contributed by atoms with Crippen molar-refractivity contribution < 1.29 is 23.1 Å². The van der Waals surface area contributed by atoms with Crippen LogP contribution in [0.4, 0.5) is 13.6 Å². The molecule has 1 fully saturated rings. The summed E-state index contributed by atoms with van der Waals surface area (Å²) in [7, 11) is 0. The molecule has 1 heterocycles. The predicted octanol–water partition coefficient (Wildman–Crippen LogP) is 1.75. The first-order chi connectivity index (χ1) is 8.54. The molecule has 0 aromatic heterocycles. The SMILES string of the molecule is CC(C)(C)OC(=O)N1CCCC(C(F)(F)C(N)=O)C1. The van der Waals surface area contributed by atoms with Crippen molar-refractivity contribution in [1.82, 2.24) is 4.90 Å². The molecule has 1 unspecified atom stereocenters. The first-order valence-electron chi connectivity index (χ1n) is 6.19. The van der Waals surface area contributed by atoms with E-state index in [0.717, 1.165) is 0 Å². The zero-order valence-electron chi connectivity index (χ0n) is 11.4. The van der Waals surface area contributed by atoms with Crippen LogP contribution >= 0.6 is 0 Å². The minimum Gasteiger partial charge on any atom is -0.444 e. The number of alkyl halides is 2. The lowest BCUT2D eigenvalue weighted by molar-refractivity contribution is -0.153. The predicted molar refractivity (Wildman–Crippen MR) is 64.7 cm³/mol. The molecule has 0 saturated carbocycles. The van der Waals surface area contributed by atoms with E-state index in [9.17, 15) is 18.4 Å². The monoisotopic (exact) mass is 278 g/mol. The van der Waals surface area contributed by atoms with Crippen molar-refractivity contribution in [2.24, 2.45) is 11.7 Å². The number of nitrogens with zero attached hydrogens (tertiary/aromatic N) is 1. The van der Waals surface area contributed by atoms with Gasteiger partial charge in [-0.15, -0.1) is 0 Å². The molecule has 0 aliphatic carbocycles. The van der Waals surface area contributed by atoms with E-state index in [1.54, 1.807) is 20.8 Å². The molecular formula is C12H20F2N2O3. The van der Waals surface area contributed by atoms with Gasteiger partial charge in [-0.3, -0.25) is 4.79 Å². The van der Waals surface area contributed by atoms with E-state index >= 15 is 0 Å². The Morgan fingerprint density at radius 3 is 2.37 bits per heavy atom. The van der Waals surface area contributed by atoms with E-state index in [1.807, 2.05) is 0 Å². The third kappa shape index (κ3) is 4.04. The molecule has 1 saturated heterocycles. The van der Waals surface area contributed by atoms with Crippen molar-refractivity contribution in [3.63, 3.8) is 0 Å². The van der Waals surface area contributed by atoms with E-state index < -0.39 is 29.4 Å². The summed E-state index contributed by atoms with van der Waals surface area (Å²) < 4.78 is 32.2. The molecule has 7 heteroatoms. The van der Waals surface area contributed by atoms with Gasteiger partial charge in [-0.1, -0.05) is 0 Å². The van der Waals surface area contributed by atoms with Crippen LogP contribution in [-0.2, 0) is 9.53 Å². The molecule has 0 aromatic carbocycles. The van der Waals surface area contributed by atoms with Crippen molar-refractivity contribution in [1.29, 1.82) is 0 Å². The summed E-state index contributed by atoms with van der Waals surface area (Å²) in [5.41, 5.74) is 4.02. The summed E-state index contributed by atoms with van der Waals surface area (Å²) in [6.07, 6.45) is -0.0837. The lowest BCUT2D eigenvalue weighted by Crippen LogP contribution is -2.51. The van der Waals surface area contributed by atoms with Gasteiger partial charge in [-0.25, -0.2) is 4.79 Å². The summed E-state index contributed by atoms with van der Waals surface area (Å²) >= 11 is 0. The Bertz CT molecular complexity index is 366. The number of ether oxygens (including phenoxy) is 1. The highest BCUT2D eigenvalue weighted by Crippen LogP contribution is 2.32. The molecule has 0 aromatic rings. The Morgan fingerprint density at radius 1 is 1.32 bits per heavy atom. The Morgan fingerprint density at radius 2 is 1.89 bits per heavy atom. The minimum atomic E-state index is -3.60. The molecule has 1 rings (SSSR count). The Kier molecular flexibility index (Phi) is 4.37. The van der Waals surface area contributed by atoms with Crippen molar-refractivity contribution in [3.05, 3.63) is 0 Å². The fraction of sp³-hybridized carbons (Fsp3) is 0.833. The van der Waals surface area contributed by atoms with Crippen LogP contribution in [0.15, 0.2) is 0 Å². The first-order valence-corrected chi connectivity index (χ1v) is 6.19. The zero-order chi connectivity index (χ0) is 14.8.